The van der Waals surface area contributed by atoms with Gasteiger partial charge in [-0.05, 0) is 36.5 Å². The number of nitrogens with one attached hydrogen (secondary N) is 3. The standard InChI is InChI=1S/C17H18F2N4O3/c1-8-7-20-17(25-8)15(24)21-12-5-3-9-6-10(2-4-11(9)12)14-22-16(13(18)19)26-23-14/h2,4,6-7,12-14,16,22-23H,3,5H2,1H3,(H,21,24)/t12-,14?,16?/m1/s1. The topological polar surface area (TPSA) is 88.4 Å². The van der Waals surface area contributed by atoms with Gasteiger partial charge in [-0.1, -0.05) is 18.2 Å². The molecule has 0 spiro atoms. The number of hydrogen-bond donors (Lipinski definition) is 3. The van der Waals surface area contributed by atoms with Crippen molar-refractivity contribution in [2.24, 2.45) is 0 Å². The number of nitrogens with zero attached hydrogens (tertiary/aromatic N) is 1. The van der Waals surface area contributed by atoms with Crippen molar-refractivity contribution >= 4 is 5.91 Å². The molecule has 4 rings (SSSR count). The molecule has 0 radical (unpaired) electrons. The van der Waals surface area contributed by atoms with Crippen LogP contribution in [-0.4, -0.2) is 23.5 Å². The van der Waals surface area contributed by atoms with E-state index < -0.39 is 18.8 Å². The molecule has 3 N–H and O–H groups in total. The summed E-state index contributed by atoms with van der Waals surface area (Å²) in [4.78, 5) is 21.0. The summed E-state index contributed by atoms with van der Waals surface area (Å²) in [7, 11) is 0. The highest BCUT2D eigenvalue weighted by Crippen LogP contribution is 2.33. The van der Waals surface area contributed by atoms with Crippen LogP contribution in [0.2, 0.25) is 0 Å². The van der Waals surface area contributed by atoms with Gasteiger partial charge in [0.2, 0.25) is 0 Å². The van der Waals surface area contributed by atoms with Crippen molar-refractivity contribution < 1.29 is 22.8 Å². The Hall–Kier alpha value is -2.36. The average molecular weight is 364 g/mol. The molecule has 1 aliphatic heterocycles. The van der Waals surface area contributed by atoms with Gasteiger partial charge in [0.05, 0.1) is 12.2 Å². The Balaban J connectivity index is 1.46. The smallest absolute Gasteiger partial charge is 0.307 e. The molecule has 1 fully saturated rings. The van der Waals surface area contributed by atoms with Crippen LogP contribution in [0.5, 0.6) is 0 Å². The van der Waals surface area contributed by atoms with Gasteiger partial charge in [-0.25, -0.2) is 13.8 Å². The fourth-order valence-corrected chi connectivity index (χ4v) is 3.31. The van der Waals surface area contributed by atoms with Crippen LogP contribution in [0.1, 0.15) is 51.8 Å². The lowest BCUT2D eigenvalue weighted by Gasteiger charge is -2.15. The Kier molecular flexibility index (Phi) is 4.43. The number of carbonyl (C=O) groups excluding carboxylic acids is 1. The number of amides is 1. The van der Waals surface area contributed by atoms with Gasteiger partial charge >= 0.3 is 5.91 Å². The number of rotatable bonds is 4. The molecule has 0 bridgehead atoms. The highest BCUT2D eigenvalue weighted by atomic mass is 19.3. The minimum atomic E-state index is -2.61. The lowest BCUT2D eigenvalue weighted by atomic mass is 10.0. The molecule has 138 valence electrons. The van der Waals surface area contributed by atoms with Gasteiger partial charge in [0.25, 0.3) is 12.3 Å². The zero-order valence-corrected chi connectivity index (χ0v) is 14.0. The number of aryl methyl sites for hydroxylation is 2. The van der Waals surface area contributed by atoms with Crippen LogP contribution >= 0.6 is 0 Å². The number of halogens is 2. The maximum absolute atomic E-state index is 12.7. The summed E-state index contributed by atoms with van der Waals surface area (Å²) in [5.74, 6) is 0.266. The Morgan fingerprint density at radius 3 is 2.96 bits per heavy atom. The van der Waals surface area contributed by atoms with Gasteiger partial charge in [-0.2, -0.15) is 5.48 Å². The van der Waals surface area contributed by atoms with E-state index >= 15 is 0 Å². The number of benzene rings is 1. The zero-order chi connectivity index (χ0) is 18.3. The number of hydrogen-bond acceptors (Lipinski definition) is 6. The lowest BCUT2D eigenvalue weighted by Crippen LogP contribution is -2.31. The van der Waals surface area contributed by atoms with Crippen LogP contribution in [0.25, 0.3) is 0 Å². The van der Waals surface area contributed by atoms with Crippen molar-refractivity contribution in [3.63, 3.8) is 0 Å². The molecule has 26 heavy (non-hydrogen) atoms. The Morgan fingerprint density at radius 2 is 2.27 bits per heavy atom. The molecule has 1 saturated heterocycles. The quantitative estimate of drug-likeness (QED) is 0.770. The van der Waals surface area contributed by atoms with Crippen LogP contribution in [0, 0.1) is 6.92 Å². The second-order valence-electron chi connectivity index (χ2n) is 6.39. The predicted molar refractivity (Wildman–Crippen MR) is 86.1 cm³/mol. The number of hydroxylamine groups is 1. The first-order chi connectivity index (χ1) is 12.5. The van der Waals surface area contributed by atoms with Crippen LogP contribution in [0.3, 0.4) is 0 Å². The molecule has 1 aliphatic carbocycles. The summed E-state index contributed by atoms with van der Waals surface area (Å²) in [5, 5.41) is 5.62. The second-order valence-corrected chi connectivity index (χ2v) is 6.39. The second kappa shape index (κ2) is 6.75. The molecule has 2 unspecified atom stereocenters. The summed E-state index contributed by atoms with van der Waals surface area (Å²) in [5.41, 5.74) is 5.47. The summed E-state index contributed by atoms with van der Waals surface area (Å²) in [6.45, 7) is 1.73. The fourth-order valence-electron chi connectivity index (χ4n) is 3.31. The third kappa shape index (κ3) is 3.20. The number of oxazole rings is 1. The molecule has 3 atom stereocenters. The SMILES string of the molecule is Cc1cnc(C(=O)N[C@@H]2CCc3cc(C4NOC(C(F)F)N4)ccc32)o1. The van der Waals surface area contributed by atoms with Crippen LogP contribution in [0.15, 0.2) is 28.8 Å². The third-order valence-electron chi connectivity index (χ3n) is 4.57. The van der Waals surface area contributed by atoms with E-state index in [0.29, 0.717) is 5.76 Å². The van der Waals surface area contributed by atoms with Gasteiger partial charge in [0.15, 0.2) is 6.23 Å². The monoisotopic (exact) mass is 364 g/mol. The molecular weight excluding hydrogens is 346 g/mol. The van der Waals surface area contributed by atoms with E-state index in [4.69, 9.17) is 9.25 Å². The van der Waals surface area contributed by atoms with Crippen LogP contribution < -0.4 is 16.1 Å². The van der Waals surface area contributed by atoms with Crippen molar-refractivity contribution in [3.8, 4) is 0 Å². The molecule has 7 nitrogen and oxygen atoms in total. The molecule has 2 aliphatic rings. The maximum Gasteiger partial charge on any atom is 0.307 e. The van der Waals surface area contributed by atoms with Gasteiger partial charge in [-0.15, -0.1) is 0 Å². The largest absolute Gasteiger partial charge is 0.438 e. The Bertz CT molecular complexity index is 826. The molecule has 1 amide bonds. The first-order valence-corrected chi connectivity index (χ1v) is 8.32. The van der Waals surface area contributed by atoms with E-state index in [9.17, 15) is 13.6 Å². The Morgan fingerprint density at radius 1 is 1.42 bits per heavy atom. The van der Waals surface area contributed by atoms with E-state index in [2.05, 4.69) is 21.1 Å². The van der Waals surface area contributed by atoms with E-state index in [-0.39, 0.29) is 17.8 Å². The van der Waals surface area contributed by atoms with Crippen molar-refractivity contribution in [1.82, 2.24) is 21.1 Å². The van der Waals surface area contributed by atoms with Gasteiger partial charge < -0.3 is 9.73 Å². The Labute approximate surface area is 148 Å². The first kappa shape index (κ1) is 17.1. The number of carbonyl (C=O) groups is 1. The highest BCUT2D eigenvalue weighted by molar-refractivity contribution is 5.90. The van der Waals surface area contributed by atoms with Crippen LogP contribution in [0.4, 0.5) is 8.78 Å². The predicted octanol–water partition coefficient (Wildman–Crippen LogP) is 2.11. The molecule has 2 aromatic rings. The molecule has 1 aromatic carbocycles. The van der Waals surface area contributed by atoms with Crippen LogP contribution in [-0.2, 0) is 11.3 Å². The van der Waals surface area contributed by atoms with E-state index in [0.717, 1.165) is 29.5 Å². The molecule has 9 heteroatoms. The van der Waals surface area contributed by atoms with Gasteiger partial charge in [0.1, 0.15) is 11.9 Å². The van der Waals surface area contributed by atoms with E-state index in [1.165, 1.54) is 6.20 Å². The van der Waals surface area contributed by atoms with Gasteiger partial charge in [0, 0.05) is 0 Å². The number of aromatic nitrogens is 1. The zero-order valence-electron chi connectivity index (χ0n) is 14.0. The fraction of sp³-hybridized carbons (Fsp3) is 0.412. The normalized spacial score (nSPS) is 24.8. The number of fused-ring (bicyclic) bond motifs is 1. The molecule has 2 heterocycles. The molecular formula is C17H18F2N4O3. The summed E-state index contributed by atoms with van der Waals surface area (Å²) < 4.78 is 30.6. The van der Waals surface area contributed by atoms with Crippen molar-refractivity contribution in [2.45, 2.75) is 44.6 Å². The summed E-state index contributed by atoms with van der Waals surface area (Å²) in [6.07, 6.45) is -1.40. The molecule has 0 saturated carbocycles. The summed E-state index contributed by atoms with van der Waals surface area (Å²) in [6, 6.07) is 5.55. The summed E-state index contributed by atoms with van der Waals surface area (Å²) >= 11 is 0. The van der Waals surface area contributed by atoms with Crippen molar-refractivity contribution in [2.75, 3.05) is 0 Å². The average Bonchev–Trinajstić information content (AvgIpc) is 3.34. The third-order valence-corrected chi connectivity index (χ3v) is 4.57. The van der Waals surface area contributed by atoms with E-state index in [1.54, 1.807) is 6.92 Å². The maximum atomic E-state index is 12.7. The van der Waals surface area contributed by atoms with Crippen molar-refractivity contribution in [1.29, 1.82) is 0 Å². The minimum Gasteiger partial charge on any atom is -0.438 e. The number of alkyl halides is 2. The first-order valence-electron chi connectivity index (χ1n) is 8.32. The minimum absolute atomic E-state index is 0.0436. The van der Waals surface area contributed by atoms with Gasteiger partial charge in [-0.3, -0.25) is 14.9 Å². The molecule has 1 aromatic heterocycles. The van der Waals surface area contributed by atoms with Crippen molar-refractivity contribution in [3.05, 3.63) is 52.7 Å². The highest BCUT2D eigenvalue weighted by Gasteiger charge is 2.33. The van der Waals surface area contributed by atoms with E-state index in [1.807, 2.05) is 18.2 Å². The lowest BCUT2D eigenvalue weighted by molar-refractivity contribution is -0.0675.